The number of carbonyl (C=O) groups excluding carboxylic acids is 5. The lowest BCUT2D eigenvalue weighted by Gasteiger charge is -2.32. The maximum absolute atomic E-state index is 13.6. The van der Waals surface area contributed by atoms with Crippen LogP contribution in [-0.4, -0.2) is 82.6 Å². The number of hydrogen-bond donors (Lipinski definition) is 5. The molecule has 1 saturated heterocycles. The molecule has 1 aromatic carbocycles. The number of aldehydes is 1. The highest BCUT2D eigenvalue weighted by Crippen LogP contribution is 2.38. The summed E-state index contributed by atoms with van der Waals surface area (Å²) in [6.45, 7) is 7.17. The van der Waals surface area contributed by atoms with Crippen molar-refractivity contribution in [2.75, 3.05) is 11.9 Å². The lowest BCUT2D eigenvalue weighted by molar-refractivity contribution is -0.143. The van der Waals surface area contributed by atoms with Gasteiger partial charge < -0.3 is 36.1 Å². The van der Waals surface area contributed by atoms with E-state index in [2.05, 4.69) is 21.3 Å². The predicted molar refractivity (Wildman–Crippen MR) is 146 cm³/mol. The number of likely N-dealkylation sites (tertiary alicyclic amines) is 1. The zero-order valence-electron chi connectivity index (χ0n) is 23.3. The van der Waals surface area contributed by atoms with Gasteiger partial charge in [0.15, 0.2) is 0 Å². The van der Waals surface area contributed by atoms with E-state index >= 15 is 0 Å². The van der Waals surface area contributed by atoms with Crippen LogP contribution in [0.4, 0.5) is 5.69 Å². The molecule has 0 aromatic heterocycles. The van der Waals surface area contributed by atoms with Crippen molar-refractivity contribution in [2.45, 2.75) is 89.5 Å². The van der Waals surface area contributed by atoms with Crippen molar-refractivity contribution in [1.29, 1.82) is 0 Å². The molecule has 1 aromatic rings. The Hall–Kier alpha value is -3.96. The average molecular weight is 558 g/mol. The normalized spacial score (nSPS) is 21.9. The third-order valence-corrected chi connectivity index (χ3v) is 7.49. The molecule has 12 heteroatoms. The van der Waals surface area contributed by atoms with Crippen molar-refractivity contribution in [3.8, 4) is 0 Å². The van der Waals surface area contributed by atoms with E-state index in [4.69, 9.17) is 5.11 Å². The van der Waals surface area contributed by atoms with Crippen molar-refractivity contribution in [3.05, 3.63) is 29.8 Å². The second-order valence-corrected chi connectivity index (χ2v) is 10.9. The number of carboxylic acids is 1. The number of carboxylic acid groups (broad SMARTS) is 1. The first-order chi connectivity index (χ1) is 18.9. The number of rotatable bonds is 12. The van der Waals surface area contributed by atoms with Gasteiger partial charge in [0.05, 0.1) is 12.5 Å². The van der Waals surface area contributed by atoms with Crippen LogP contribution in [0.5, 0.6) is 0 Å². The van der Waals surface area contributed by atoms with Crippen molar-refractivity contribution in [1.82, 2.24) is 20.9 Å². The topological polar surface area (TPSA) is 174 Å². The molecule has 2 heterocycles. The fourth-order valence-electron chi connectivity index (χ4n) is 5.48. The molecular formula is C28H39N5O7. The molecule has 6 atom stereocenters. The van der Waals surface area contributed by atoms with Gasteiger partial charge in [-0.3, -0.25) is 24.0 Å². The molecule has 0 radical (unpaired) electrons. The Balaban J connectivity index is 1.74. The van der Waals surface area contributed by atoms with Gasteiger partial charge in [0, 0.05) is 31.1 Å². The molecule has 5 N–H and O–H groups in total. The second-order valence-electron chi connectivity index (χ2n) is 10.9. The van der Waals surface area contributed by atoms with E-state index in [0.717, 1.165) is 11.3 Å². The van der Waals surface area contributed by atoms with Crippen LogP contribution in [0.3, 0.4) is 0 Å². The van der Waals surface area contributed by atoms with E-state index < -0.39 is 54.3 Å². The minimum atomic E-state index is -1.24. The van der Waals surface area contributed by atoms with E-state index in [-0.39, 0.29) is 30.3 Å². The number of anilines is 1. The highest BCUT2D eigenvalue weighted by Gasteiger charge is 2.40. The lowest BCUT2D eigenvalue weighted by Crippen LogP contribution is -2.58. The van der Waals surface area contributed by atoms with Gasteiger partial charge in [-0.25, -0.2) is 0 Å². The summed E-state index contributed by atoms with van der Waals surface area (Å²) in [5, 5.41) is 20.3. The Labute approximate surface area is 233 Å². The third-order valence-electron chi connectivity index (χ3n) is 7.49. The SMILES string of the molecule is CC(=O)N[C@H](CC1c2ccccc2NC1C)C(=O)N[C@H](C(=O)N1CCC[C@H]1C(=O)N[C@H](C=O)CC(=O)O)C(C)C. The summed E-state index contributed by atoms with van der Waals surface area (Å²) in [7, 11) is 0. The summed E-state index contributed by atoms with van der Waals surface area (Å²) in [6, 6.07) is 3.87. The average Bonchev–Trinajstić information content (AvgIpc) is 3.50. The van der Waals surface area contributed by atoms with Gasteiger partial charge in [-0.05, 0) is 43.7 Å². The number of aliphatic carboxylic acids is 1. The summed E-state index contributed by atoms with van der Waals surface area (Å²) in [5.41, 5.74) is 2.04. The first-order valence-electron chi connectivity index (χ1n) is 13.6. The largest absolute Gasteiger partial charge is 0.481 e. The van der Waals surface area contributed by atoms with Crippen molar-refractivity contribution in [2.24, 2.45) is 5.92 Å². The van der Waals surface area contributed by atoms with Crippen molar-refractivity contribution < 1.29 is 33.9 Å². The molecule has 0 spiro atoms. The van der Waals surface area contributed by atoms with E-state index in [1.165, 1.54) is 11.8 Å². The van der Waals surface area contributed by atoms with Gasteiger partial charge in [0.25, 0.3) is 0 Å². The molecule has 218 valence electrons. The van der Waals surface area contributed by atoms with Crippen LogP contribution in [-0.2, 0) is 28.8 Å². The van der Waals surface area contributed by atoms with Crippen LogP contribution in [0.25, 0.3) is 0 Å². The molecule has 2 aliphatic rings. The van der Waals surface area contributed by atoms with Gasteiger partial charge in [0.2, 0.25) is 23.6 Å². The standard InChI is InChI=1S/C28H39N5O7/c1-15(2)25(28(40)33-11-7-10-23(33)27(39)31-18(14-34)12-24(36)37)32-26(38)22(30-17(4)35)13-20-16(3)29-21-9-6-5-8-19(20)21/h5-6,8-9,14-16,18,20,22-23,25,29H,7,10-13H2,1-4H3,(H,30,35)(H,31,39)(H,32,38)(H,36,37)/t16?,18-,20?,22+,23-,25-/m0/s1. The molecule has 40 heavy (non-hydrogen) atoms. The van der Waals surface area contributed by atoms with Crippen molar-refractivity contribution in [3.63, 3.8) is 0 Å². The Kier molecular flexibility index (Phi) is 10.2. The molecule has 0 aliphatic carbocycles. The van der Waals surface area contributed by atoms with Gasteiger partial charge in [-0.15, -0.1) is 0 Å². The maximum atomic E-state index is 13.6. The van der Waals surface area contributed by atoms with E-state index in [9.17, 15) is 28.8 Å². The number of fused-ring (bicyclic) bond motifs is 1. The zero-order valence-corrected chi connectivity index (χ0v) is 23.3. The smallest absolute Gasteiger partial charge is 0.305 e. The molecule has 4 amide bonds. The Morgan fingerprint density at radius 3 is 2.45 bits per heavy atom. The maximum Gasteiger partial charge on any atom is 0.305 e. The number of hydrogen-bond acceptors (Lipinski definition) is 7. The predicted octanol–water partition coefficient (Wildman–Crippen LogP) is 0.769. The summed E-state index contributed by atoms with van der Waals surface area (Å²) >= 11 is 0. The molecule has 1 fully saturated rings. The number of para-hydroxylation sites is 1. The fraction of sp³-hybridized carbons (Fsp3) is 0.571. The molecule has 0 bridgehead atoms. The fourth-order valence-corrected chi connectivity index (χ4v) is 5.48. The highest BCUT2D eigenvalue weighted by atomic mass is 16.4. The van der Waals surface area contributed by atoms with Gasteiger partial charge in [-0.1, -0.05) is 32.0 Å². The minimum absolute atomic E-state index is 0.0316. The summed E-state index contributed by atoms with van der Waals surface area (Å²) in [6.07, 6.45) is 0.987. The molecular weight excluding hydrogens is 518 g/mol. The van der Waals surface area contributed by atoms with Gasteiger partial charge in [0.1, 0.15) is 24.4 Å². The number of nitrogens with one attached hydrogen (secondary N) is 4. The van der Waals surface area contributed by atoms with Crippen molar-refractivity contribution >= 4 is 41.6 Å². The van der Waals surface area contributed by atoms with Crippen LogP contribution >= 0.6 is 0 Å². The lowest BCUT2D eigenvalue weighted by atomic mass is 9.88. The van der Waals surface area contributed by atoms with Gasteiger partial charge in [-0.2, -0.15) is 0 Å². The minimum Gasteiger partial charge on any atom is -0.481 e. The first kappa shape index (κ1) is 30.6. The monoisotopic (exact) mass is 557 g/mol. The van der Waals surface area contributed by atoms with E-state index in [0.29, 0.717) is 25.5 Å². The number of carbonyl (C=O) groups is 6. The molecule has 2 unspecified atom stereocenters. The van der Waals surface area contributed by atoms with Crippen LogP contribution in [0, 0.1) is 5.92 Å². The molecule has 2 aliphatic heterocycles. The number of benzene rings is 1. The summed E-state index contributed by atoms with van der Waals surface area (Å²) < 4.78 is 0. The van der Waals surface area contributed by atoms with Crippen LogP contribution < -0.4 is 21.3 Å². The summed E-state index contributed by atoms with van der Waals surface area (Å²) in [5.74, 6) is -3.56. The zero-order chi connectivity index (χ0) is 29.6. The van der Waals surface area contributed by atoms with Crippen LogP contribution in [0.1, 0.15) is 64.9 Å². The molecule has 12 nitrogen and oxygen atoms in total. The highest BCUT2D eigenvalue weighted by molar-refractivity contribution is 5.95. The van der Waals surface area contributed by atoms with E-state index in [1.54, 1.807) is 13.8 Å². The third kappa shape index (κ3) is 7.36. The Morgan fingerprint density at radius 1 is 1.12 bits per heavy atom. The van der Waals surface area contributed by atoms with Crippen LogP contribution in [0.15, 0.2) is 24.3 Å². The Morgan fingerprint density at radius 2 is 1.82 bits per heavy atom. The Bertz CT molecular complexity index is 1140. The summed E-state index contributed by atoms with van der Waals surface area (Å²) in [4.78, 5) is 75.7. The molecule has 3 rings (SSSR count). The number of amides is 4. The first-order valence-corrected chi connectivity index (χ1v) is 13.6. The quantitative estimate of drug-likeness (QED) is 0.234. The number of nitrogens with zero attached hydrogens (tertiary/aromatic N) is 1. The van der Waals surface area contributed by atoms with Crippen LogP contribution in [0.2, 0.25) is 0 Å². The van der Waals surface area contributed by atoms with Gasteiger partial charge >= 0.3 is 5.97 Å². The van der Waals surface area contributed by atoms with E-state index in [1.807, 2.05) is 31.2 Å². The molecule has 0 saturated carbocycles. The second kappa shape index (κ2) is 13.4.